The molecule has 0 radical (unpaired) electrons. The van der Waals surface area contributed by atoms with Crippen LogP contribution in [0.4, 0.5) is 4.39 Å². The third kappa shape index (κ3) is 6.44. The SMILES string of the molecule is C=CCN(CC=C)C(=O)C[NH+](CC(=O)N1CCS[C@@H]1c1ccc(F)cc1)C(C)C. The van der Waals surface area contributed by atoms with Crippen LogP contribution in [0.1, 0.15) is 24.8 Å². The van der Waals surface area contributed by atoms with Crippen molar-refractivity contribution in [2.45, 2.75) is 25.3 Å². The zero-order chi connectivity index (χ0) is 21.4. The Hall–Kier alpha value is -2.12. The quantitative estimate of drug-likeness (QED) is 0.588. The van der Waals surface area contributed by atoms with Gasteiger partial charge in [0, 0.05) is 25.4 Å². The second-order valence-corrected chi connectivity index (χ2v) is 8.59. The highest BCUT2D eigenvalue weighted by molar-refractivity contribution is 7.99. The van der Waals surface area contributed by atoms with E-state index in [9.17, 15) is 14.0 Å². The molecular weight excluding hydrogens is 389 g/mol. The molecule has 1 heterocycles. The number of carbonyl (C=O) groups is 2. The molecule has 0 spiro atoms. The van der Waals surface area contributed by atoms with Crippen LogP contribution in [-0.4, -0.2) is 66.1 Å². The van der Waals surface area contributed by atoms with E-state index in [1.54, 1.807) is 40.9 Å². The maximum Gasteiger partial charge on any atom is 0.278 e. The smallest absolute Gasteiger partial charge is 0.278 e. The molecule has 1 unspecified atom stereocenters. The number of hydrogen-bond donors (Lipinski definition) is 1. The number of amides is 2. The third-order valence-electron chi connectivity index (χ3n) is 4.99. The average molecular weight is 421 g/mol. The number of rotatable bonds is 10. The first-order valence-corrected chi connectivity index (χ1v) is 10.9. The van der Waals surface area contributed by atoms with Crippen molar-refractivity contribution in [1.82, 2.24) is 9.80 Å². The fourth-order valence-corrected chi connectivity index (χ4v) is 4.57. The second kappa shape index (κ2) is 11.2. The van der Waals surface area contributed by atoms with Crippen LogP contribution in [0, 0.1) is 5.82 Å². The van der Waals surface area contributed by atoms with Crippen molar-refractivity contribution in [3.63, 3.8) is 0 Å². The number of halogens is 1. The summed E-state index contributed by atoms with van der Waals surface area (Å²) in [6.07, 6.45) is 3.38. The minimum Gasteiger partial charge on any atom is -0.330 e. The Bertz CT molecular complexity index is 713. The van der Waals surface area contributed by atoms with Crippen molar-refractivity contribution >= 4 is 23.6 Å². The van der Waals surface area contributed by atoms with Crippen molar-refractivity contribution in [2.75, 3.05) is 38.5 Å². The largest absolute Gasteiger partial charge is 0.330 e. The Morgan fingerprint density at radius 2 is 1.86 bits per heavy atom. The van der Waals surface area contributed by atoms with Gasteiger partial charge in [-0.25, -0.2) is 4.39 Å². The molecule has 1 N–H and O–H groups in total. The molecule has 5 nitrogen and oxygen atoms in total. The average Bonchev–Trinajstić information content (AvgIpc) is 3.17. The van der Waals surface area contributed by atoms with E-state index in [-0.39, 0.29) is 42.1 Å². The number of quaternary nitrogens is 1. The molecule has 0 aliphatic carbocycles. The van der Waals surface area contributed by atoms with Crippen molar-refractivity contribution in [3.8, 4) is 0 Å². The standard InChI is InChI=1S/C22H30FN3O2S/c1-5-11-24(12-6-2)20(27)15-25(17(3)4)16-21(28)26-13-14-29-22(26)18-7-9-19(23)10-8-18/h5-10,17,22H,1-2,11-16H2,3-4H3/p+1/t22-/m1/s1. The van der Waals surface area contributed by atoms with Crippen LogP contribution in [0.5, 0.6) is 0 Å². The topological polar surface area (TPSA) is 45.1 Å². The molecule has 1 saturated heterocycles. The van der Waals surface area contributed by atoms with Gasteiger partial charge in [0.1, 0.15) is 11.2 Å². The summed E-state index contributed by atoms with van der Waals surface area (Å²) in [6.45, 7) is 13.5. The summed E-state index contributed by atoms with van der Waals surface area (Å²) >= 11 is 1.68. The van der Waals surface area contributed by atoms with Crippen molar-refractivity contribution < 1.29 is 18.9 Å². The fraction of sp³-hybridized carbons (Fsp3) is 0.455. The molecule has 158 valence electrons. The maximum absolute atomic E-state index is 13.2. The number of thioether (sulfide) groups is 1. The molecule has 1 fully saturated rings. The van der Waals surface area contributed by atoms with Gasteiger partial charge in [0.15, 0.2) is 13.1 Å². The van der Waals surface area contributed by atoms with E-state index in [4.69, 9.17) is 0 Å². The van der Waals surface area contributed by atoms with Gasteiger partial charge in [-0.3, -0.25) is 9.59 Å². The second-order valence-electron chi connectivity index (χ2n) is 7.40. The lowest BCUT2D eigenvalue weighted by atomic mass is 10.2. The summed E-state index contributed by atoms with van der Waals surface area (Å²) in [6, 6.07) is 6.44. The molecule has 29 heavy (non-hydrogen) atoms. The highest BCUT2D eigenvalue weighted by atomic mass is 32.2. The minimum absolute atomic E-state index is 0.0137. The number of benzene rings is 1. The highest BCUT2D eigenvalue weighted by Gasteiger charge is 2.34. The van der Waals surface area contributed by atoms with Gasteiger partial charge < -0.3 is 14.7 Å². The highest BCUT2D eigenvalue weighted by Crippen LogP contribution is 2.37. The van der Waals surface area contributed by atoms with Crippen LogP contribution in [0.3, 0.4) is 0 Å². The summed E-state index contributed by atoms with van der Waals surface area (Å²) < 4.78 is 13.2. The first-order valence-electron chi connectivity index (χ1n) is 9.88. The Morgan fingerprint density at radius 3 is 2.41 bits per heavy atom. The molecule has 2 atom stereocenters. The van der Waals surface area contributed by atoms with Gasteiger partial charge in [0.05, 0.1) is 6.04 Å². The molecular formula is C22H31FN3O2S+. The van der Waals surface area contributed by atoms with Gasteiger partial charge in [0.2, 0.25) is 0 Å². The van der Waals surface area contributed by atoms with Crippen LogP contribution < -0.4 is 4.90 Å². The molecule has 1 aliphatic heterocycles. The molecule has 2 amide bonds. The van der Waals surface area contributed by atoms with Gasteiger partial charge in [-0.15, -0.1) is 24.9 Å². The first kappa shape index (κ1) is 23.2. The van der Waals surface area contributed by atoms with Crippen LogP contribution in [0.25, 0.3) is 0 Å². The predicted molar refractivity (Wildman–Crippen MR) is 116 cm³/mol. The van der Waals surface area contributed by atoms with Crippen molar-refractivity contribution in [1.29, 1.82) is 0 Å². The molecule has 7 heteroatoms. The van der Waals surface area contributed by atoms with Crippen LogP contribution in [-0.2, 0) is 9.59 Å². The molecule has 0 saturated carbocycles. The van der Waals surface area contributed by atoms with E-state index in [1.807, 2.05) is 18.7 Å². The molecule has 0 aromatic heterocycles. The van der Waals surface area contributed by atoms with Gasteiger partial charge in [-0.2, -0.15) is 0 Å². The molecule has 1 aromatic carbocycles. The van der Waals surface area contributed by atoms with E-state index in [0.717, 1.165) is 16.2 Å². The number of carbonyl (C=O) groups excluding carboxylic acids is 2. The van der Waals surface area contributed by atoms with Gasteiger partial charge >= 0.3 is 0 Å². The van der Waals surface area contributed by atoms with E-state index in [2.05, 4.69) is 13.2 Å². The lowest BCUT2D eigenvalue weighted by Gasteiger charge is -2.29. The summed E-state index contributed by atoms with van der Waals surface area (Å²) in [7, 11) is 0. The molecule has 2 rings (SSSR count). The van der Waals surface area contributed by atoms with E-state index in [1.165, 1.54) is 12.1 Å². The Labute approximate surface area is 177 Å². The van der Waals surface area contributed by atoms with Crippen LogP contribution in [0.15, 0.2) is 49.6 Å². The fourth-order valence-electron chi connectivity index (χ4n) is 3.29. The van der Waals surface area contributed by atoms with E-state index < -0.39 is 0 Å². The maximum atomic E-state index is 13.2. The summed E-state index contributed by atoms with van der Waals surface area (Å²) in [5.41, 5.74) is 0.924. The molecule has 0 bridgehead atoms. The Balaban J connectivity index is 2.06. The monoisotopic (exact) mass is 420 g/mol. The minimum atomic E-state index is -0.285. The lowest BCUT2D eigenvalue weighted by molar-refractivity contribution is -0.906. The zero-order valence-corrected chi connectivity index (χ0v) is 18.1. The van der Waals surface area contributed by atoms with Gasteiger partial charge in [0.25, 0.3) is 11.8 Å². The number of hydrogen-bond acceptors (Lipinski definition) is 3. The molecule has 1 aromatic rings. The third-order valence-corrected chi connectivity index (χ3v) is 6.25. The normalized spacial score (nSPS) is 17.2. The van der Waals surface area contributed by atoms with E-state index in [0.29, 0.717) is 19.6 Å². The number of nitrogens with zero attached hydrogens (tertiary/aromatic N) is 2. The molecule has 1 aliphatic rings. The van der Waals surface area contributed by atoms with Gasteiger partial charge in [-0.1, -0.05) is 24.3 Å². The summed E-state index contributed by atoms with van der Waals surface area (Å²) in [5, 5.41) is -0.106. The van der Waals surface area contributed by atoms with Gasteiger partial charge in [-0.05, 0) is 31.5 Å². The first-order chi connectivity index (χ1) is 13.9. The van der Waals surface area contributed by atoms with Crippen LogP contribution >= 0.6 is 11.8 Å². The predicted octanol–water partition coefficient (Wildman–Crippen LogP) is 1.89. The number of nitrogens with one attached hydrogen (secondary N) is 1. The Morgan fingerprint density at radius 1 is 1.24 bits per heavy atom. The Kier molecular flexibility index (Phi) is 8.92. The van der Waals surface area contributed by atoms with Crippen LogP contribution in [0.2, 0.25) is 0 Å². The zero-order valence-electron chi connectivity index (χ0n) is 17.3. The lowest BCUT2D eigenvalue weighted by Crippen LogP contribution is -3.17. The summed E-state index contributed by atoms with van der Waals surface area (Å²) in [4.78, 5) is 30.2. The van der Waals surface area contributed by atoms with Crippen molar-refractivity contribution in [2.24, 2.45) is 0 Å². The summed E-state index contributed by atoms with van der Waals surface area (Å²) in [5.74, 6) is 0.551. The van der Waals surface area contributed by atoms with E-state index >= 15 is 0 Å². The van der Waals surface area contributed by atoms with Crippen molar-refractivity contribution in [3.05, 3.63) is 61.0 Å².